The highest BCUT2D eigenvalue weighted by Gasteiger charge is 2.12. The molecular formula is C10H7FN2. The molecule has 0 bridgehead atoms. The molecule has 0 amide bonds. The second-order valence-electron chi connectivity index (χ2n) is 2.78. The number of benzene rings is 1. The SMILES string of the molecule is Cc1cc(C#N)c(C#N)c(F)c1C. The maximum Gasteiger partial charge on any atom is 0.145 e. The van der Waals surface area contributed by atoms with Crippen LogP contribution in [0.15, 0.2) is 6.07 Å². The Kier molecular flexibility index (Phi) is 2.30. The Labute approximate surface area is 75.8 Å². The highest BCUT2D eigenvalue weighted by atomic mass is 19.1. The molecule has 13 heavy (non-hydrogen) atoms. The van der Waals surface area contributed by atoms with Crippen molar-refractivity contribution in [2.24, 2.45) is 0 Å². The van der Waals surface area contributed by atoms with E-state index in [1.807, 2.05) is 0 Å². The van der Waals surface area contributed by atoms with Crippen molar-refractivity contribution < 1.29 is 4.39 Å². The van der Waals surface area contributed by atoms with Gasteiger partial charge in [-0.3, -0.25) is 0 Å². The third-order valence-electron chi connectivity index (χ3n) is 2.00. The van der Waals surface area contributed by atoms with Gasteiger partial charge >= 0.3 is 0 Å². The average molecular weight is 174 g/mol. The first-order valence-corrected chi connectivity index (χ1v) is 3.71. The van der Waals surface area contributed by atoms with Crippen LogP contribution in [0.5, 0.6) is 0 Å². The van der Waals surface area contributed by atoms with Crippen LogP contribution < -0.4 is 0 Å². The van der Waals surface area contributed by atoms with Gasteiger partial charge in [0.2, 0.25) is 0 Å². The van der Waals surface area contributed by atoms with Crippen molar-refractivity contribution in [2.75, 3.05) is 0 Å². The molecule has 1 aromatic rings. The van der Waals surface area contributed by atoms with Gasteiger partial charge in [0.1, 0.15) is 23.5 Å². The average Bonchev–Trinajstić information content (AvgIpc) is 2.13. The minimum Gasteiger partial charge on any atom is -0.205 e. The monoisotopic (exact) mass is 174 g/mol. The Bertz CT molecular complexity index is 436. The first kappa shape index (κ1) is 9.22. The van der Waals surface area contributed by atoms with E-state index in [9.17, 15) is 4.39 Å². The van der Waals surface area contributed by atoms with Crippen LogP contribution in [0.2, 0.25) is 0 Å². The van der Waals surface area contributed by atoms with Crippen molar-refractivity contribution in [1.29, 1.82) is 10.5 Å². The number of rotatable bonds is 0. The highest BCUT2D eigenvalue weighted by Crippen LogP contribution is 2.19. The van der Waals surface area contributed by atoms with E-state index in [1.165, 1.54) is 6.07 Å². The van der Waals surface area contributed by atoms with Gasteiger partial charge in [0.25, 0.3) is 0 Å². The summed E-state index contributed by atoms with van der Waals surface area (Å²) in [5.74, 6) is -0.584. The summed E-state index contributed by atoms with van der Waals surface area (Å²) in [4.78, 5) is 0. The normalized spacial score (nSPS) is 9.00. The van der Waals surface area contributed by atoms with Crippen LogP contribution in [0.25, 0.3) is 0 Å². The molecule has 0 spiro atoms. The molecule has 64 valence electrons. The molecule has 0 aliphatic heterocycles. The fraction of sp³-hybridized carbons (Fsp3) is 0.200. The Hall–Kier alpha value is -1.87. The van der Waals surface area contributed by atoms with E-state index < -0.39 is 5.82 Å². The Morgan fingerprint density at radius 2 is 1.85 bits per heavy atom. The number of aryl methyl sites for hydroxylation is 1. The fourth-order valence-electron chi connectivity index (χ4n) is 1.07. The van der Waals surface area contributed by atoms with Crippen molar-refractivity contribution in [1.82, 2.24) is 0 Å². The summed E-state index contributed by atoms with van der Waals surface area (Å²) >= 11 is 0. The number of nitriles is 2. The number of hydrogen-bond acceptors (Lipinski definition) is 2. The minimum absolute atomic E-state index is 0.100. The number of hydrogen-bond donors (Lipinski definition) is 0. The van der Waals surface area contributed by atoms with Crippen molar-refractivity contribution >= 4 is 0 Å². The molecular weight excluding hydrogens is 167 g/mol. The third-order valence-corrected chi connectivity index (χ3v) is 2.00. The van der Waals surface area contributed by atoms with E-state index in [0.717, 1.165) is 0 Å². The molecule has 0 aliphatic rings. The van der Waals surface area contributed by atoms with Crippen molar-refractivity contribution in [3.63, 3.8) is 0 Å². The first-order chi connectivity index (χ1) is 6.11. The topological polar surface area (TPSA) is 47.6 Å². The van der Waals surface area contributed by atoms with Crippen LogP contribution in [0.3, 0.4) is 0 Å². The second kappa shape index (κ2) is 3.25. The fourth-order valence-corrected chi connectivity index (χ4v) is 1.07. The molecule has 0 radical (unpaired) electrons. The van der Waals surface area contributed by atoms with Crippen LogP contribution in [-0.4, -0.2) is 0 Å². The molecule has 0 aromatic heterocycles. The molecule has 0 unspecified atom stereocenters. The molecule has 0 aliphatic carbocycles. The summed E-state index contributed by atoms with van der Waals surface area (Å²) in [7, 11) is 0. The van der Waals surface area contributed by atoms with Gasteiger partial charge in [-0.15, -0.1) is 0 Å². The molecule has 0 heterocycles. The Morgan fingerprint density at radius 1 is 1.23 bits per heavy atom. The summed E-state index contributed by atoms with van der Waals surface area (Å²) in [5.41, 5.74) is 1.05. The molecule has 0 atom stereocenters. The lowest BCUT2D eigenvalue weighted by Crippen LogP contribution is -1.96. The van der Waals surface area contributed by atoms with E-state index in [4.69, 9.17) is 10.5 Å². The van der Waals surface area contributed by atoms with Gasteiger partial charge < -0.3 is 0 Å². The Balaban J connectivity index is 3.63. The van der Waals surface area contributed by atoms with Crippen LogP contribution in [0, 0.1) is 42.3 Å². The predicted molar refractivity (Wildman–Crippen MR) is 45.3 cm³/mol. The summed E-state index contributed by atoms with van der Waals surface area (Å²) in [6.45, 7) is 3.30. The van der Waals surface area contributed by atoms with Crippen LogP contribution in [-0.2, 0) is 0 Å². The molecule has 3 heteroatoms. The van der Waals surface area contributed by atoms with Gasteiger partial charge in [-0.1, -0.05) is 0 Å². The van der Waals surface area contributed by atoms with E-state index in [1.54, 1.807) is 26.0 Å². The van der Waals surface area contributed by atoms with Crippen LogP contribution in [0.1, 0.15) is 22.3 Å². The number of halogens is 1. The second-order valence-corrected chi connectivity index (χ2v) is 2.78. The first-order valence-electron chi connectivity index (χ1n) is 3.71. The van der Waals surface area contributed by atoms with E-state index in [-0.39, 0.29) is 11.1 Å². The van der Waals surface area contributed by atoms with E-state index in [2.05, 4.69) is 0 Å². The van der Waals surface area contributed by atoms with Gasteiger partial charge in [-0.05, 0) is 31.0 Å². The molecule has 0 saturated heterocycles. The summed E-state index contributed by atoms with van der Waals surface area (Å²) in [6, 6.07) is 5.00. The van der Waals surface area contributed by atoms with Crippen LogP contribution >= 0.6 is 0 Å². The van der Waals surface area contributed by atoms with Gasteiger partial charge in [0.05, 0.1) is 5.56 Å². The zero-order chi connectivity index (χ0) is 10.0. The maximum absolute atomic E-state index is 13.3. The quantitative estimate of drug-likeness (QED) is 0.605. The van der Waals surface area contributed by atoms with Gasteiger partial charge in [-0.2, -0.15) is 10.5 Å². The van der Waals surface area contributed by atoms with Crippen molar-refractivity contribution in [3.05, 3.63) is 34.1 Å². The summed E-state index contributed by atoms with van der Waals surface area (Å²) in [6.07, 6.45) is 0. The molecule has 2 nitrogen and oxygen atoms in total. The molecule has 1 aromatic carbocycles. The van der Waals surface area contributed by atoms with Crippen LogP contribution in [0.4, 0.5) is 4.39 Å². The summed E-state index contributed by atoms with van der Waals surface area (Å²) < 4.78 is 13.3. The lowest BCUT2D eigenvalue weighted by atomic mass is 10.0. The highest BCUT2D eigenvalue weighted by molar-refractivity contribution is 5.51. The third kappa shape index (κ3) is 1.37. The lowest BCUT2D eigenvalue weighted by Gasteiger charge is -2.04. The number of nitrogens with zero attached hydrogens (tertiary/aromatic N) is 2. The minimum atomic E-state index is -0.584. The van der Waals surface area contributed by atoms with Gasteiger partial charge in [0, 0.05) is 0 Å². The molecule has 0 N–H and O–H groups in total. The van der Waals surface area contributed by atoms with Gasteiger partial charge in [0.15, 0.2) is 0 Å². The summed E-state index contributed by atoms with van der Waals surface area (Å²) in [5, 5.41) is 17.2. The standard InChI is InChI=1S/C10H7FN2/c1-6-3-8(4-12)9(5-13)10(11)7(6)2/h3H,1-2H3. The Morgan fingerprint density at radius 3 is 2.31 bits per heavy atom. The van der Waals surface area contributed by atoms with E-state index >= 15 is 0 Å². The largest absolute Gasteiger partial charge is 0.205 e. The zero-order valence-corrected chi connectivity index (χ0v) is 7.35. The molecule has 0 saturated carbocycles. The lowest BCUT2D eigenvalue weighted by molar-refractivity contribution is 0.612. The zero-order valence-electron chi connectivity index (χ0n) is 7.35. The predicted octanol–water partition coefficient (Wildman–Crippen LogP) is 2.19. The smallest absolute Gasteiger partial charge is 0.145 e. The molecule has 1 rings (SSSR count). The van der Waals surface area contributed by atoms with Crippen molar-refractivity contribution in [3.8, 4) is 12.1 Å². The van der Waals surface area contributed by atoms with Gasteiger partial charge in [-0.25, -0.2) is 4.39 Å². The van der Waals surface area contributed by atoms with E-state index in [0.29, 0.717) is 11.1 Å². The maximum atomic E-state index is 13.3. The molecule has 0 fully saturated rings. The van der Waals surface area contributed by atoms with Crippen molar-refractivity contribution in [2.45, 2.75) is 13.8 Å².